The Morgan fingerprint density at radius 1 is 0.500 bits per heavy atom. The predicted octanol–water partition coefficient (Wildman–Crippen LogP) is 6.03. The van der Waals surface area contributed by atoms with E-state index in [1.807, 2.05) is 13.8 Å². The molecular weight excluding hydrogens is 1050 g/mol. The molecule has 0 aliphatic rings. The number of aryl methyl sites for hydroxylation is 2. The zero-order chi connectivity index (χ0) is 52.7. The first kappa shape index (κ1) is 54.6. The standard InChI is InChI=1S/C47H42N10O12S4.Na/c1-29-43(45(48)56(54-29)33-11-9-13-37(27-33)70(58,59)60)52-50-39-15-5-7-17-41(39)72(64,65)68-35-23-19-31(20-24-35)47(3,4)32-21-25-36(26-22-32)69-73(66,67)42-18-8-6-16-40(42)51-53-44-30(2)55-57(46(44)49)34-12-10-14-38(28-34)71(61,62)63;/h5-28H,48-49H2,1-4H3,(H,58,59,60)(H,61,62,63);/q;+1. The molecule has 376 valence electrons. The third-order valence-electron chi connectivity index (χ3n) is 11.2. The zero-order valence-corrected chi connectivity index (χ0v) is 45.0. The van der Waals surface area contributed by atoms with Crippen LogP contribution in [0.1, 0.15) is 36.4 Å². The van der Waals surface area contributed by atoms with Crippen LogP contribution in [0.25, 0.3) is 11.4 Å². The van der Waals surface area contributed by atoms with Gasteiger partial charge in [0.15, 0.2) is 23.0 Å². The van der Waals surface area contributed by atoms with Gasteiger partial charge in [0.25, 0.3) is 20.2 Å². The zero-order valence-electron chi connectivity index (χ0n) is 39.7. The molecular formula is C47H42N10NaO12S4+. The Balaban J connectivity index is 0.00000800. The minimum Gasteiger partial charge on any atom is -0.382 e. The average molecular weight is 1090 g/mol. The van der Waals surface area contributed by atoms with Crippen LogP contribution >= 0.6 is 0 Å². The predicted molar refractivity (Wildman–Crippen MR) is 267 cm³/mol. The van der Waals surface area contributed by atoms with Crippen molar-refractivity contribution in [2.75, 3.05) is 11.5 Å². The fraction of sp³-hybridized carbons (Fsp3) is 0.106. The molecule has 0 radical (unpaired) electrons. The largest absolute Gasteiger partial charge is 1.00 e. The summed E-state index contributed by atoms with van der Waals surface area (Å²) in [6, 6.07) is 34.7. The number of aromatic nitrogens is 4. The molecule has 0 saturated heterocycles. The number of rotatable bonds is 16. The maximum atomic E-state index is 13.7. The molecule has 0 bridgehead atoms. The molecule has 74 heavy (non-hydrogen) atoms. The molecule has 0 fully saturated rings. The summed E-state index contributed by atoms with van der Waals surface area (Å²) in [5.41, 5.74) is 14.4. The first-order valence-corrected chi connectivity index (χ1v) is 27.0. The van der Waals surface area contributed by atoms with Gasteiger partial charge in [-0.25, -0.2) is 9.36 Å². The molecule has 0 spiro atoms. The Morgan fingerprint density at radius 3 is 1.20 bits per heavy atom. The number of benzene rings is 6. The molecule has 8 rings (SSSR count). The van der Waals surface area contributed by atoms with Crippen molar-refractivity contribution in [3.05, 3.63) is 168 Å². The van der Waals surface area contributed by atoms with Gasteiger partial charge in [-0.05, 0) is 110 Å². The van der Waals surface area contributed by atoms with Gasteiger partial charge in [-0.3, -0.25) is 9.11 Å². The minimum absolute atomic E-state index is 0. The summed E-state index contributed by atoms with van der Waals surface area (Å²) in [7, 11) is -18.0. The van der Waals surface area contributed by atoms with Gasteiger partial charge >= 0.3 is 49.8 Å². The molecule has 2 heterocycles. The Morgan fingerprint density at radius 2 is 0.851 bits per heavy atom. The monoisotopic (exact) mass is 1090 g/mol. The molecule has 27 heteroatoms. The summed E-state index contributed by atoms with van der Waals surface area (Å²) in [5.74, 6) is -0.0919. The van der Waals surface area contributed by atoms with E-state index >= 15 is 0 Å². The molecule has 6 aromatic carbocycles. The second-order valence-electron chi connectivity index (χ2n) is 16.5. The topological polar surface area (TPSA) is 333 Å². The van der Waals surface area contributed by atoms with Crippen LogP contribution in [-0.2, 0) is 45.9 Å². The fourth-order valence-corrected chi connectivity index (χ4v) is 10.5. The van der Waals surface area contributed by atoms with E-state index in [2.05, 4.69) is 30.7 Å². The van der Waals surface area contributed by atoms with Gasteiger partial charge in [-0.1, -0.05) is 74.5 Å². The van der Waals surface area contributed by atoms with Crippen LogP contribution in [0.3, 0.4) is 0 Å². The number of hydrogen-bond donors (Lipinski definition) is 4. The van der Waals surface area contributed by atoms with Gasteiger partial charge in [0.1, 0.15) is 32.7 Å². The average Bonchev–Trinajstić information content (AvgIpc) is 3.80. The molecule has 0 aliphatic heterocycles. The van der Waals surface area contributed by atoms with Crippen LogP contribution in [0.15, 0.2) is 186 Å². The van der Waals surface area contributed by atoms with Gasteiger partial charge < -0.3 is 19.8 Å². The molecule has 6 N–H and O–H groups in total. The Hall–Kier alpha value is -7.14. The maximum absolute atomic E-state index is 13.7. The third kappa shape index (κ3) is 11.6. The third-order valence-corrected chi connectivity index (χ3v) is 15.5. The van der Waals surface area contributed by atoms with Crippen molar-refractivity contribution in [3.63, 3.8) is 0 Å². The number of anilines is 2. The van der Waals surface area contributed by atoms with Gasteiger partial charge in [0.05, 0.1) is 32.6 Å². The van der Waals surface area contributed by atoms with Crippen LogP contribution in [0.4, 0.5) is 34.4 Å². The van der Waals surface area contributed by atoms with Crippen LogP contribution in [0, 0.1) is 13.8 Å². The van der Waals surface area contributed by atoms with E-state index in [0.29, 0.717) is 0 Å². The van der Waals surface area contributed by atoms with E-state index in [4.69, 9.17) is 19.8 Å². The van der Waals surface area contributed by atoms with Gasteiger partial charge in [-0.2, -0.15) is 43.9 Å². The number of hydrogen-bond acceptors (Lipinski definition) is 18. The summed E-state index contributed by atoms with van der Waals surface area (Å²) in [4.78, 5) is -1.37. The van der Waals surface area contributed by atoms with Crippen molar-refractivity contribution >= 4 is 74.9 Å². The van der Waals surface area contributed by atoms with Gasteiger partial charge in [-0.15, -0.1) is 20.5 Å². The summed E-state index contributed by atoms with van der Waals surface area (Å²) < 4.78 is 134. The summed E-state index contributed by atoms with van der Waals surface area (Å²) in [6.45, 7) is 6.98. The molecule has 8 aromatic rings. The van der Waals surface area contributed by atoms with E-state index in [-0.39, 0.29) is 118 Å². The van der Waals surface area contributed by atoms with Gasteiger partial charge in [0.2, 0.25) is 0 Å². The van der Waals surface area contributed by atoms with Crippen LogP contribution in [-0.4, -0.2) is 62.3 Å². The quantitative estimate of drug-likeness (QED) is 0.0371. The summed E-state index contributed by atoms with van der Waals surface area (Å²) in [5, 5.41) is 25.3. The minimum atomic E-state index is -4.52. The van der Waals surface area contributed by atoms with E-state index in [9.17, 15) is 42.8 Å². The van der Waals surface area contributed by atoms with E-state index in [1.165, 1.54) is 119 Å². The molecule has 0 atom stereocenters. The van der Waals surface area contributed by atoms with E-state index < -0.39 is 45.9 Å². The van der Waals surface area contributed by atoms with Crippen LogP contribution in [0.5, 0.6) is 11.5 Å². The number of azo groups is 2. The van der Waals surface area contributed by atoms with Crippen molar-refractivity contribution in [1.82, 2.24) is 19.6 Å². The normalized spacial score (nSPS) is 12.5. The molecule has 2 aromatic heterocycles. The molecule has 0 unspecified atom stereocenters. The molecule has 0 amide bonds. The van der Waals surface area contributed by atoms with Crippen molar-refractivity contribution in [2.24, 2.45) is 20.5 Å². The first-order chi connectivity index (χ1) is 34.3. The molecule has 0 aliphatic carbocycles. The Labute approximate surface area is 447 Å². The summed E-state index contributed by atoms with van der Waals surface area (Å²) >= 11 is 0. The SMILES string of the molecule is Cc1nn(-c2cccc(S(=O)(=O)O)c2)c(N)c1N=Nc1ccccc1S(=O)(=O)Oc1ccc(C(C)(C)c2ccc(OS(=O)(=O)c3ccccc3N=Nc3c(C)nn(-c4cccc(S(=O)(=O)O)c4)c3N)cc2)cc1.[Na+]. The smallest absolute Gasteiger partial charge is 0.382 e. The van der Waals surface area contributed by atoms with Crippen molar-refractivity contribution in [2.45, 2.75) is 52.7 Å². The first-order valence-electron chi connectivity index (χ1n) is 21.3. The second-order valence-corrected chi connectivity index (χ2v) is 22.4. The second kappa shape index (κ2) is 21.0. The van der Waals surface area contributed by atoms with Crippen molar-refractivity contribution in [3.8, 4) is 22.9 Å². The van der Waals surface area contributed by atoms with E-state index in [1.54, 1.807) is 50.2 Å². The molecule has 22 nitrogen and oxygen atoms in total. The Kier molecular flexibility index (Phi) is 15.5. The summed E-state index contributed by atoms with van der Waals surface area (Å²) in [6.07, 6.45) is 0. The Bertz CT molecular complexity index is 3720. The number of nitrogen functional groups attached to an aromatic ring is 2. The van der Waals surface area contributed by atoms with Crippen LogP contribution < -0.4 is 49.4 Å². The fourth-order valence-electron chi connectivity index (χ4n) is 7.34. The van der Waals surface area contributed by atoms with Gasteiger partial charge in [0, 0.05) is 5.41 Å². The molecule has 0 saturated carbocycles. The van der Waals surface area contributed by atoms with E-state index in [0.717, 1.165) is 11.1 Å². The number of nitrogens with zero attached hydrogens (tertiary/aromatic N) is 8. The van der Waals surface area contributed by atoms with Crippen LogP contribution in [0.2, 0.25) is 0 Å². The maximum Gasteiger partial charge on any atom is 1.00 e. The van der Waals surface area contributed by atoms with Crippen molar-refractivity contribution in [1.29, 1.82) is 0 Å². The van der Waals surface area contributed by atoms with Crippen molar-refractivity contribution < 1.29 is 80.7 Å². The number of nitrogens with two attached hydrogens (primary N) is 2.